The van der Waals surface area contributed by atoms with E-state index in [9.17, 15) is 4.79 Å². The average Bonchev–Trinajstić information content (AvgIpc) is 2.37. The normalized spacial score (nSPS) is 29.9. The van der Waals surface area contributed by atoms with E-state index in [-0.39, 0.29) is 11.5 Å². The molecule has 2 unspecified atom stereocenters. The van der Waals surface area contributed by atoms with E-state index >= 15 is 0 Å². The summed E-state index contributed by atoms with van der Waals surface area (Å²) in [6, 6.07) is 0. The van der Waals surface area contributed by atoms with Crippen LogP contribution in [0.4, 0.5) is 0 Å². The number of hydrogen-bond acceptors (Lipinski definition) is 4. The molecule has 0 N–H and O–H groups in total. The van der Waals surface area contributed by atoms with Gasteiger partial charge in [-0.15, -0.1) is 12.6 Å². The summed E-state index contributed by atoms with van der Waals surface area (Å²) in [5.74, 6) is -0.417. The SMILES string of the molecule is C=CC(=O)OC1CCOC1S. The predicted octanol–water partition coefficient (Wildman–Crippen LogP) is 0.760. The van der Waals surface area contributed by atoms with Crippen molar-refractivity contribution in [1.29, 1.82) is 0 Å². The molecule has 0 aromatic carbocycles. The van der Waals surface area contributed by atoms with Crippen LogP contribution < -0.4 is 0 Å². The quantitative estimate of drug-likeness (QED) is 0.381. The van der Waals surface area contributed by atoms with Gasteiger partial charge < -0.3 is 9.47 Å². The Morgan fingerprint density at radius 3 is 3.00 bits per heavy atom. The van der Waals surface area contributed by atoms with Gasteiger partial charge in [0, 0.05) is 12.5 Å². The molecule has 1 aliphatic heterocycles. The van der Waals surface area contributed by atoms with Crippen molar-refractivity contribution in [3.05, 3.63) is 12.7 Å². The van der Waals surface area contributed by atoms with Crippen molar-refractivity contribution in [3.8, 4) is 0 Å². The van der Waals surface area contributed by atoms with Crippen LogP contribution in [0.3, 0.4) is 0 Å². The third kappa shape index (κ3) is 2.24. The van der Waals surface area contributed by atoms with Crippen LogP contribution in [0.15, 0.2) is 12.7 Å². The summed E-state index contributed by atoms with van der Waals surface area (Å²) in [6.07, 6.45) is 1.64. The van der Waals surface area contributed by atoms with Gasteiger partial charge in [0.15, 0.2) is 0 Å². The Hall–Kier alpha value is -0.480. The van der Waals surface area contributed by atoms with E-state index in [0.29, 0.717) is 13.0 Å². The van der Waals surface area contributed by atoms with Gasteiger partial charge in [0.05, 0.1) is 6.61 Å². The van der Waals surface area contributed by atoms with Gasteiger partial charge in [-0.25, -0.2) is 4.79 Å². The molecule has 0 spiro atoms. The second-order valence-corrected chi connectivity index (χ2v) is 2.74. The van der Waals surface area contributed by atoms with Crippen molar-refractivity contribution in [1.82, 2.24) is 0 Å². The van der Waals surface area contributed by atoms with Gasteiger partial charge in [-0.2, -0.15) is 0 Å². The van der Waals surface area contributed by atoms with Crippen molar-refractivity contribution in [3.63, 3.8) is 0 Å². The molecular formula is C7H10O3S. The smallest absolute Gasteiger partial charge is 0.330 e. The number of esters is 1. The zero-order valence-electron chi connectivity index (χ0n) is 6.03. The minimum Gasteiger partial charge on any atom is -0.455 e. The molecule has 0 radical (unpaired) electrons. The van der Waals surface area contributed by atoms with Gasteiger partial charge in [0.2, 0.25) is 0 Å². The molecule has 1 aliphatic rings. The molecule has 4 heteroatoms. The zero-order valence-corrected chi connectivity index (χ0v) is 6.92. The summed E-state index contributed by atoms with van der Waals surface area (Å²) in [5, 5.41) is 0. The highest BCUT2D eigenvalue weighted by atomic mass is 32.1. The first-order valence-corrected chi connectivity index (χ1v) is 3.88. The lowest BCUT2D eigenvalue weighted by molar-refractivity contribution is -0.143. The minimum absolute atomic E-state index is 0.219. The molecule has 1 heterocycles. The van der Waals surface area contributed by atoms with Gasteiger partial charge >= 0.3 is 5.97 Å². The van der Waals surface area contributed by atoms with Gasteiger partial charge in [-0.05, 0) is 0 Å². The van der Waals surface area contributed by atoms with E-state index in [4.69, 9.17) is 9.47 Å². The topological polar surface area (TPSA) is 35.5 Å². The largest absolute Gasteiger partial charge is 0.455 e. The molecule has 0 amide bonds. The maximum absolute atomic E-state index is 10.7. The molecule has 3 nitrogen and oxygen atoms in total. The summed E-state index contributed by atoms with van der Waals surface area (Å²) in [6.45, 7) is 3.89. The zero-order chi connectivity index (χ0) is 8.27. The lowest BCUT2D eigenvalue weighted by Crippen LogP contribution is -2.21. The fourth-order valence-corrected chi connectivity index (χ4v) is 1.18. The van der Waals surface area contributed by atoms with Gasteiger partial charge in [0.1, 0.15) is 11.5 Å². The molecule has 0 bridgehead atoms. The van der Waals surface area contributed by atoms with E-state index in [1.807, 2.05) is 0 Å². The number of rotatable bonds is 2. The monoisotopic (exact) mass is 174 g/mol. The lowest BCUT2D eigenvalue weighted by atomic mass is 10.3. The Balaban J connectivity index is 2.36. The Morgan fingerprint density at radius 2 is 2.55 bits per heavy atom. The van der Waals surface area contributed by atoms with Crippen molar-refractivity contribution in [2.45, 2.75) is 18.0 Å². The van der Waals surface area contributed by atoms with Crippen molar-refractivity contribution >= 4 is 18.6 Å². The van der Waals surface area contributed by atoms with Crippen LogP contribution in [0, 0.1) is 0 Å². The average molecular weight is 174 g/mol. The maximum Gasteiger partial charge on any atom is 0.330 e. The number of carbonyl (C=O) groups is 1. The van der Waals surface area contributed by atoms with Crippen LogP contribution in [0.5, 0.6) is 0 Å². The first-order chi connectivity index (χ1) is 5.24. The molecule has 2 atom stereocenters. The molecule has 1 saturated heterocycles. The first kappa shape index (κ1) is 8.62. The van der Waals surface area contributed by atoms with Crippen LogP contribution in [0.25, 0.3) is 0 Å². The van der Waals surface area contributed by atoms with Gasteiger partial charge in [0.25, 0.3) is 0 Å². The fraction of sp³-hybridized carbons (Fsp3) is 0.571. The van der Waals surface area contributed by atoms with Gasteiger partial charge in [-0.3, -0.25) is 0 Å². The summed E-state index contributed by atoms with van der Waals surface area (Å²) in [4.78, 5) is 10.7. The molecular weight excluding hydrogens is 164 g/mol. The number of thiol groups is 1. The Bertz CT molecular complexity index is 169. The van der Waals surface area contributed by atoms with Crippen LogP contribution >= 0.6 is 12.6 Å². The Morgan fingerprint density at radius 1 is 1.82 bits per heavy atom. The number of hydrogen-bond donors (Lipinski definition) is 1. The molecule has 11 heavy (non-hydrogen) atoms. The lowest BCUT2D eigenvalue weighted by Gasteiger charge is -2.12. The maximum atomic E-state index is 10.7. The highest BCUT2D eigenvalue weighted by Crippen LogP contribution is 2.19. The fourth-order valence-electron chi connectivity index (χ4n) is 0.869. The van der Waals surface area contributed by atoms with Crippen molar-refractivity contribution in [2.75, 3.05) is 6.61 Å². The van der Waals surface area contributed by atoms with E-state index in [1.54, 1.807) is 0 Å². The third-order valence-corrected chi connectivity index (χ3v) is 1.92. The molecule has 0 aliphatic carbocycles. The molecule has 0 aromatic heterocycles. The Labute approximate surface area is 70.8 Å². The highest BCUT2D eigenvalue weighted by molar-refractivity contribution is 7.80. The summed E-state index contributed by atoms with van der Waals surface area (Å²) >= 11 is 4.07. The summed E-state index contributed by atoms with van der Waals surface area (Å²) < 4.78 is 9.98. The van der Waals surface area contributed by atoms with E-state index in [2.05, 4.69) is 19.2 Å². The van der Waals surface area contributed by atoms with E-state index < -0.39 is 5.97 Å². The predicted molar refractivity (Wildman–Crippen MR) is 43.4 cm³/mol. The van der Waals surface area contributed by atoms with Crippen LogP contribution in [0.1, 0.15) is 6.42 Å². The Kier molecular flexibility index (Phi) is 2.96. The van der Waals surface area contributed by atoms with Crippen LogP contribution in [-0.2, 0) is 14.3 Å². The third-order valence-electron chi connectivity index (χ3n) is 1.44. The second kappa shape index (κ2) is 3.78. The highest BCUT2D eigenvalue weighted by Gasteiger charge is 2.27. The van der Waals surface area contributed by atoms with E-state index in [1.165, 1.54) is 0 Å². The molecule has 1 rings (SSSR count). The molecule has 0 aromatic rings. The molecule has 0 saturated carbocycles. The van der Waals surface area contributed by atoms with Gasteiger partial charge in [-0.1, -0.05) is 6.58 Å². The minimum atomic E-state index is -0.417. The summed E-state index contributed by atoms with van der Waals surface area (Å²) in [5.41, 5.74) is -0.279. The second-order valence-electron chi connectivity index (χ2n) is 2.23. The standard InChI is InChI=1S/C7H10O3S/c1-2-6(8)10-5-3-4-9-7(5)11/h2,5,7,11H,1,3-4H2. The molecule has 62 valence electrons. The van der Waals surface area contributed by atoms with E-state index in [0.717, 1.165) is 6.08 Å². The summed E-state index contributed by atoms with van der Waals surface area (Å²) in [7, 11) is 0. The van der Waals surface area contributed by atoms with Crippen molar-refractivity contribution < 1.29 is 14.3 Å². The number of carbonyl (C=O) groups excluding carboxylic acids is 1. The van der Waals surface area contributed by atoms with Crippen LogP contribution in [-0.4, -0.2) is 24.1 Å². The molecule has 1 fully saturated rings. The van der Waals surface area contributed by atoms with Crippen molar-refractivity contribution in [2.24, 2.45) is 0 Å². The number of ether oxygens (including phenoxy) is 2. The van der Waals surface area contributed by atoms with Crippen LogP contribution in [0.2, 0.25) is 0 Å². The first-order valence-electron chi connectivity index (χ1n) is 3.37.